The molecule has 5 nitrogen and oxygen atoms in total. The fourth-order valence-corrected chi connectivity index (χ4v) is 5.15. The van der Waals surface area contributed by atoms with Crippen LogP contribution in [0.15, 0.2) is 60.8 Å². The van der Waals surface area contributed by atoms with Crippen molar-refractivity contribution in [3.8, 4) is 11.4 Å². The summed E-state index contributed by atoms with van der Waals surface area (Å²) in [6.07, 6.45) is 5.14. The Bertz CT molecular complexity index is 1160. The molecule has 30 heavy (non-hydrogen) atoms. The van der Waals surface area contributed by atoms with E-state index in [2.05, 4.69) is 68.8 Å². The van der Waals surface area contributed by atoms with Gasteiger partial charge in [-0.1, -0.05) is 48.5 Å². The smallest absolute Gasteiger partial charge is 0.137 e. The van der Waals surface area contributed by atoms with E-state index in [4.69, 9.17) is 4.74 Å². The van der Waals surface area contributed by atoms with Gasteiger partial charge in [0, 0.05) is 35.4 Å². The number of para-hydroxylation sites is 1. The van der Waals surface area contributed by atoms with Gasteiger partial charge in [0.05, 0.1) is 24.0 Å². The second kappa shape index (κ2) is 7.42. The Labute approximate surface area is 175 Å². The molecule has 0 amide bonds. The van der Waals surface area contributed by atoms with Gasteiger partial charge in [-0.05, 0) is 36.8 Å². The molecule has 5 heteroatoms. The molecule has 6 rings (SSSR count). The normalized spacial score (nSPS) is 22.3. The highest BCUT2D eigenvalue weighted by Gasteiger charge is 2.36. The number of ether oxygens (including phenoxy) is 1. The Morgan fingerprint density at radius 1 is 0.900 bits per heavy atom. The molecule has 0 aliphatic carbocycles. The minimum atomic E-state index is 0.217. The number of benzene rings is 2. The SMILES string of the molecule is c1ccc(-c2ncc([C@H]3Cc4c([nH]c5ccccc45)[C@@H](C4CCOCC4)N3)[nH]2)cc1. The van der Waals surface area contributed by atoms with Crippen molar-refractivity contribution < 1.29 is 4.74 Å². The van der Waals surface area contributed by atoms with Crippen LogP contribution < -0.4 is 5.32 Å². The number of aromatic nitrogens is 3. The molecule has 2 aromatic heterocycles. The van der Waals surface area contributed by atoms with Gasteiger partial charge in [0.1, 0.15) is 5.82 Å². The fourth-order valence-electron chi connectivity index (χ4n) is 5.15. The van der Waals surface area contributed by atoms with Gasteiger partial charge in [-0.25, -0.2) is 4.98 Å². The van der Waals surface area contributed by atoms with Crippen molar-refractivity contribution >= 4 is 10.9 Å². The third-order valence-electron chi connectivity index (χ3n) is 6.70. The lowest BCUT2D eigenvalue weighted by Crippen LogP contribution is -2.39. The summed E-state index contributed by atoms with van der Waals surface area (Å²) in [5.74, 6) is 1.50. The summed E-state index contributed by atoms with van der Waals surface area (Å²) in [7, 11) is 0. The lowest BCUT2D eigenvalue weighted by Gasteiger charge is -2.37. The number of hydrogen-bond acceptors (Lipinski definition) is 3. The molecule has 0 spiro atoms. The van der Waals surface area contributed by atoms with Gasteiger partial charge in [-0.3, -0.25) is 5.32 Å². The molecule has 3 N–H and O–H groups in total. The second-order valence-electron chi connectivity index (χ2n) is 8.47. The summed E-state index contributed by atoms with van der Waals surface area (Å²) in [4.78, 5) is 12.0. The third-order valence-corrected chi connectivity index (χ3v) is 6.70. The first-order chi connectivity index (χ1) is 14.9. The van der Waals surface area contributed by atoms with Crippen LogP contribution in [-0.4, -0.2) is 28.2 Å². The number of hydrogen-bond donors (Lipinski definition) is 3. The van der Waals surface area contributed by atoms with E-state index in [1.165, 1.54) is 22.2 Å². The summed E-state index contributed by atoms with van der Waals surface area (Å²) in [6, 6.07) is 19.5. The van der Waals surface area contributed by atoms with Gasteiger partial charge < -0.3 is 14.7 Å². The molecular formula is C25H26N4O. The number of rotatable bonds is 3. The number of fused-ring (bicyclic) bond motifs is 3. The quantitative estimate of drug-likeness (QED) is 0.459. The average Bonchev–Trinajstić information content (AvgIpc) is 3.45. The topological polar surface area (TPSA) is 65.7 Å². The number of aromatic amines is 2. The predicted molar refractivity (Wildman–Crippen MR) is 118 cm³/mol. The summed E-state index contributed by atoms with van der Waals surface area (Å²) in [5, 5.41) is 5.31. The highest BCUT2D eigenvalue weighted by atomic mass is 16.5. The van der Waals surface area contributed by atoms with Crippen LogP contribution in [0.2, 0.25) is 0 Å². The fraction of sp³-hybridized carbons (Fsp3) is 0.320. The van der Waals surface area contributed by atoms with Gasteiger partial charge >= 0.3 is 0 Å². The van der Waals surface area contributed by atoms with Gasteiger partial charge in [0.25, 0.3) is 0 Å². The third kappa shape index (κ3) is 3.06. The Balaban J connectivity index is 1.39. The highest BCUT2D eigenvalue weighted by molar-refractivity contribution is 5.85. The van der Waals surface area contributed by atoms with Crippen molar-refractivity contribution in [2.45, 2.75) is 31.3 Å². The van der Waals surface area contributed by atoms with Gasteiger partial charge in [-0.15, -0.1) is 0 Å². The van der Waals surface area contributed by atoms with Crippen LogP contribution in [0.3, 0.4) is 0 Å². The molecule has 1 fully saturated rings. The first-order valence-electron chi connectivity index (χ1n) is 10.9. The Morgan fingerprint density at radius 2 is 1.70 bits per heavy atom. The zero-order valence-electron chi connectivity index (χ0n) is 16.9. The van der Waals surface area contributed by atoms with Gasteiger partial charge in [0.2, 0.25) is 0 Å². The minimum Gasteiger partial charge on any atom is -0.381 e. The zero-order chi connectivity index (χ0) is 19.9. The molecule has 4 heterocycles. The van der Waals surface area contributed by atoms with Crippen molar-refractivity contribution in [1.82, 2.24) is 20.3 Å². The van der Waals surface area contributed by atoms with Gasteiger partial charge in [-0.2, -0.15) is 0 Å². The maximum absolute atomic E-state index is 5.65. The number of nitrogens with one attached hydrogen (secondary N) is 3. The zero-order valence-corrected chi connectivity index (χ0v) is 16.9. The van der Waals surface area contributed by atoms with Crippen LogP contribution in [-0.2, 0) is 11.2 Å². The van der Waals surface area contributed by atoms with Crippen molar-refractivity contribution in [2.24, 2.45) is 5.92 Å². The van der Waals surface area contributed by atoms with E-state index in [-0.39, 0.29) is 6.04 Å². The van der Waals surface area contributed by atoms with Crippen LogP contribution in [0.1, 0.15) is 41.9 Å². The van der Waals surface area contributed by atoms with Crippen LogP contribution in [0.4, 0.5) is 0 Å². The molecule has 152 valence electrons. The molecule has 2 aliphatic rings. The van der Waals surface area contributed by atoms with Crippen LogP contribution in [0.5, 0.6) is 0 Å². The molecule has 4 aromatic rings. The lowest BCUT2D eigenvalue weighted by atomic mass is 9.83. The van der Waals surface area contributed by atoms with E-state index in [1.54, 1.807) is 0 Å². The summed E-state index contributed by atoms with van der Waals surface area (Å²) < 4.78 is 5.65. The van der Waals surface area contributed by atoms with Crippen LogP contribution in [0, 0.1) is 5.92 Å². The number of H-pyrrole nitrogens is 2. The minimum absolute atomic E-state index is 0.217. The van der Waals surface area contributed by atoms with Crippen molar-refractivity contribution in [3.63, 3.8) is 0 Å². The van der Waals surface area contributed by atoms with Gasteiger partial charge in [0.15, 0.2) is 0 Å². The Kier molecular flexibility index (Phi) is 4.43. The predicted octanol–water partition coefficient (Wildman–Crippen LogP) is 4.91. The van der Waals surface area contributed by atoms with Crippen molar-refractivity contribution in [2.75, 3.05) is 13.2 Å². The summed E-state index contributed by atoms with van der Waals surface area (Å²) in [5.41, 5.74) is 6.32. The number of nitrogens with zero attached hydrogens (tertiary/aromatic N) is 1. The van der Waals surface area contributed by atoms with Crippen LogP contribution >= 0.6 is 0 Å². The van der Waals surface area contributed by atoms with Crippen LogP contribution in [0.25, 0.3) is 22.3 Å². The van der Waals surface area contributed by atoms with Crippen molar-refractivity contribution in [1.29, 1.82) is 0 Å². The van der Waals surface area contributed by atoms with E-state index in [1.807, 2.05) is 12.3 Å². The molecular weight excluding hydrogens is 372 g/mol. The molecule has 1 saturated heterocycles. The van der Waals surface area contributed by atoms with Crippen molar-refractivity contribution in [3.05, 3.63) is 77.7 Å². The lowest BCUT2D eigenvalue weighted by molar-refractivity contribution is 0.0498. The first-order valence-corrected chi connectivity index (χ1v) is 10.9. The molecule has 0 unspecified atom stereocenters. The van der Waals surface area contributed by atoms with E-state index < -0.39 is 0 Å². The Hall–Kier alpha value is -2.89. The molecule has 2 atom stereocenters. The molecule has 2 aliphatic heterocycles. The second-order valence-corrected chi connectivity index (χ2v) is 8.47. The standard InChI is InChI=1S/C25H26N4O/c1-2-6-17(7-3-1)25-26-15-22(29-25)21-14-19-18-8-4-5-9-20(18)27-24(19)23(28-21)16-10-12-30-13-11-16/h1-9,15-16,21,23,27-28H,10-14H2,(H,26,29)/t21-,23-/m1/s1. The van der Waals surface area contributed by atoms with E-state index in [0.29, 0.717) is 12.0 Å². The monoisotopic (exact) mass is 398 g/mol. The highest BCUT2D eigenvalue weighted by Crippen LogP contribution is 2.41. The maximum atomic E-state index is 5.65. The maximum Gasteiger partial charge on any atom is 0.137 e. The summed E-state index contributed by atoms with van der Waals surface area (Å²) in [6.45, 7) is 1.70. The molecule has 0 saturated carbocycles. The first kappa shape index (κ1) is 17.9. The van der Waals surface area contributed by atoms with E-state index >= 15 is 0 Å². The molecule has 2 aromatic carbocycles. The number of imidazole rings is 1. The molecule has 0 bridgehead atoms. The Morgan fingerprint density at radius 3 is 2.57 bits per heavy atom. The van der Waals surface area contributed by atoms with E-state index in [9.17, 15) is 0 Å². The summed E-state index contributed by atoms with van der Waals surface area (Å²) >= 11 is 0. The van der Waals surface area contributed by atoms with E-state index in [0.717, 1.165) is 49.6 Å². The molecule has 0 radical (unpaired) electrons. The largest absolute Gasteiger partial charge is 0.381 e. The average molecular weight is 399 g/mol.